The van der Waals surface area contributed by atoms with Crippen LogP contribution in [0.4, 0.5) is 11.8 Å². The topological polar surface area (TPSA) is 81.7 Å². The van der Waals surface area contributed by atoms with E-state index in [1.165, 1.54) is 40.7 Å². The van der Waals surface area contributed by atoms with Gasteiger partial charge in [0.1, 0.15) is 5.82 Å². The largest absolute Gasteiger partial charge is 0.354 e. The first-order valence-corrected chi connectivity index (χ1v) is 10.8. The zero-order valence-corrected chi connectivity index (χ0v) is 16.8. The molecule has 2 aliphatic rings. The van der Waals surface area contributed by atoms with Gasteiger partial charge >= 0.3 is 0 Å². The van der Waals surface area contributed by atoms with Gasteiger partial charge in [0.05, 0.1) is 0 Å². The van der Waals surface area contributed by atoms with Crippen LogP contribution in [0.1, 0.15) is 37.8 Å². The van der Waals surface area contributed by atoms with Crippen molar-refractivity contribution in [2.45, 2.75) is 45.1 Å². The molecule has 1 saturated carbocycles. The SMILES string of the molecule is Cc1cc(N2CCN(S(=O)(=O)N(C)C)CC2)nc(NC2CCCCC2)n1. The monoisotopic (exact) mass is 382 g/mol. The fourth-order valence-corrected chi connectivity index (χ4v) is 4.67. The first kappa shape index (κ1) is 19.3. The van der Waals surface area contributed by atoms with Crippen molar-refractivity contribution in [3.8, 4) is 0 Å². The van der Waals surface area contributed by atoms with Crippen LogP contribution in [0.2, 0.25) is 0 Å². The molecule has 2 heterocycles. The molecule has 0 unspecified atom stereocenters. The van der Waals surface area contributed by atoms with Crippen LogP contribution in [0.15, 0.2) is 6.07 Å². The Morgan fingerprint density at radius 1 is 1.08 bits per heavy atom. The van der Waals surface area contributed by atoms with Gasteiger partial charge in [-0.25, -0.2) is 4.98 Å². The van der Waals surface area contributed by atoms with E-state index in [1.54, 1.807) is 14.1 Å². The van der Waals surface area contributed by atoms with Crippen molar-refractivity contribution >= 4 is 22.0 Å². The van der Waals surface area contributed by atoms with Crippen molar-refractivity contribution in [1.29, 1.82) is 0 Å². The summed E-state index contributed by atoms with van der Waals surface area (Å²) in [5.41, 5.74) is 0.927. The van der Waals surface area contributed by atoms with Gasteiger partial charge < -0.3 is 10.2 Å². The van der Waals surface area contributed by atoms with Gasteiger partial charge in [0.2, 0.25) is 5.95 Å². The van der Waals surface area contributed by atoms with Gasteiger partial charge in [0.15, 0.2) is 0 Å². The van der Waals surface area contributed by atoms with Crippen molar-refractivity contribution in [2.75, 3.05) is 50.5 Å². The second-order valence-electron chi connectivity index (χ2n) is 7.35. The molecule has 2 fully saturated rings. The molecule has 0 aromatic carbocycles. The smallest absolute Gasteiger partial charge is 0.281 e. The van der Waals surface area contributed by atoms with E-state index < -0.39 is 10.2 Å². The first-order chi connectivity index (χ1) is 12.4. The standard InChI is InChI=1S/C17H30N6O2S/c1-14-13-16(20-17(18-14)19-15-7-5-4-6-8-15)22-9-11-23(12-10-22)26(24,25)21(2)3/h13,15H,4-12H2,1-3H3,(H,18,19,20). The summed E-state index contributed by atoms with van der Waals surface area (Å²) in [4.78, 5) is 11.4. The van der Waals surface area contributed by atoms with Crippen molar-refractivity contribution in [2.24, 2.45) is 0 Å². The van der Waals surface area contributed by atoms with E-state index in [9.17, 15) is 8.42 Å². The summed E-state index contributed by atoms with van der Waals surface area (Å²) >= 11 is 0. The summed E-state index contributed by atoms with van der Waals surface area (Å²) in [5, 5.41) is 3.49. The Kier molecular flexibility index (Phi) is 5.99. The third kappa shape index (κ3) is 4.44. The highest BCUT2D eigenvalue weighted by molar-refractivity contribution is 7.86. The molecule has 1 N–H and O–H groups in total. The quantitative estimate of drug-likeness (QED) is 0.830. The van der Waals surface area contributed by atoms with Crippen LogP contribution in [0.3, 0.4) is 0 Å². The zero-order chi connectivity index (χ0) is 18.7. The third-order valence-corrected chi connectivity index (χ3v) is 7.07. The van der Waals surface area contributed by atoms with Gasteiger partial charge in [0.25, 0.3) is 10.2 Å². The van der Waals surface area contributed by atoms with Crippen molar-refractivity contribution < 1.29 is 8.42 Å². The van der Waals surface area contributed by atoms with Crippen LogP contribution in [-0.2, 0) is 10.2 Å². The predicted molar refractivity (Wildman–Crippen MR) is 104 cm³/mol. The molecule has 0 spiro atoms. The molecule has 8 nitrogen and oxygen atoms in total. The zero-order valence-electron chi connectivity index (χ0n) is 16.0. The van der Waals surface area contributed by atoms with E-state index in [2.05, 4.69) is 15.2 Å². The van der Waals surface area contributed by atoms with Crippen molar-refractivity contribution in [1.82, 2.24) is 18.6 Å². The molecule has 146 valence electrons. The molecule has 1 saturated heterocycles. The van der Waals surface area contributed by atoms with E-state index in [-0.39, 0.29) is 0 Å². The summed E-state index contributed by atoms with van der Waals surface area (Å²) in [7, 11) is -0.210. The number of rotatable bonds is 5. The Hall–Kier alpha value is -1.45. The van der Waals surface area contributed by atoms with Gasteiger partial charge in [0, 0.05) is 58.1 Å². The van der Waals surface area contributed by atoms with E-state index in [1.807, 2.05) is 13.0 Å². The number of hydrogen-bond acceptors (Lipinski definition) is 6. The van der Waals surface area contributed by atoms with Crippen LogP contribution < -0.4 is 10.2 Å². The number of hydrogen-bond donors (Lipinski definition) is 1. The van der Waals surface area contributed by atoms with Crippen LogP contribution in [0.25, 0.3) is 0 Å². The molecule has 26 heavy (non-hydrogen) atoms. The molecule has 0 radical (unpaired) electrons. The average Bonchev–Trinajstić information content (AvgIpc) is 2.62. The molecular formula is C17H30N6O2S. The fourth-order valence-electron chi connectivity index (χ4n) is 3.59. The Morgan fingerprint density at radius 2 is 1.73 bits per heavy atom. The molecule has 1 aliphatic heterocycles. The van der Waals surface area contributed by atoms with Crippen molar-refractivity contribution in [3.63, 3.8) is 0 Å². The number of piperazine rings is 1. The fraction of sp³-hybridized carbons (Fsp3) is 0.765. The number of anilines is 2. The first-order valence-electron chi connectivity index (χ1n) is 9.41. The lowest BCUT2D eigenvalue weighted by Gasteiger charge is -2.36. The lowest BCUT2D eigenvalue weighted by molar-refractivity contribution is 0.355. The van der Waals surface area contributed by atoms with Gasteiger partial charge in [-0.1, -0.05) is 19.3 Å². The molecule has 1 aromatic rings. The lowest BCUT2D eigenvalue weighted by atomic mass is 9.96. The molecule has 3 rings (SSSR count). The summed E-state index contributed by atoms with van der Waals surface area (Å²) < 4.78 is 27.3. The Balaban J connectivity index is 1.66. The number of nitrogens with zero attached hydrogens (tertiary/aromatic N) is 5. The minimum absolute atomic E-state index is 0.459. The molecule has 0 atom stereocenters. The van der Waals surface area contributed by atoms with Gasteiger partial charge in [-0.05, 0) is 19.8 Å². The minimum Gasteiger partial charge on any atom is -0.354 e. The average molecular weight is 383 g/mol. The van der Waals surface area contributed by atoms with Crippen LogP contribution in [0, 0.1) is 6.92 Å². The minimum atomic E-state index is -3.35. The van der Waals surface area contributed by atoms with Gasteiger partial charge in [-0.3, -0.25) is 0 Å². The van der Waals surface area contributed by atoms with E-state index in [4.69, 9.17) is 4.98 Å². The Labute approximate surface area is 156 Å². The maximum absolute atomic E-state index is 12.3. The molecule has 0 amide bonds. The highest BCUT2D eigenvalue weighted by Crippen LogP contribution is 2.23. The molecular weight excluding hydrogens is 352 g/mol. The summed E-state index contributed by atoms with van der Waals surface area (Å²) in [6.07, 6.45) is 6.19. The van der Waals surface area contributed by atoms with E-state index >= 15 is 0 Å². The Morgan fingerprint density at radius 3 is 2.35 bits per heavy atom. The number of aromatic nitrogens is 2. The van der Waals surface area contributed by atoms with Crippen molar-refractivity contribution in [3.05, 3.63) is 11.8 Å². The van der Waals surface area contributed by atoms with Crippen LogP contribution >= 0.6 is 0 Å². The maximum atomic E-state index is 12.3. The number of nitrogens with one attached hydrogen (secondary N) is 1. The number of aryl methyl sites for hydroxylation is 1. The molecule has 0 bridgehead atoms. The summed E-state index contributed by atoms with van der Waals surface area (Å²) in [5.74, 6) is 1.56. The normalized spacial score (nSPS) is 20.5. The Bertz CT molecular complexity index is 710. The second-order valence-corrected chi connectivity index (χ2v) is 9.49. The van der Waals surface area contributed by atoms with E-state index in [0.29, 0.717) is 38.2 Å². The summed E-state index contributed by atoms with van der Waals surface area (Å²) in [6.45, 7) is 4.17. The second kappa shape index (κ2) is 8.06. The maximum Gasteiger partial charge on any atom is 0.281 e. The molecule has 9 heteroatoms. The van der Waals surface area contributed by atoms with Crippen LogP contribution in [-0.4, -0.2) is 73.3 Å². The van der Waals surface area contributed by atoms with Gasteiger partial charge in [-0.15, -0.1) is 0 Å². The van der Waals surface area contributed by atoms with Crippen LogP contribution in [0.5, 0.6) is 0 Å². The highest BCUT2D eigenvalue weighted by Gasteiger charge is 2.29. The lowest BCUT2D eigenvalue weighted by Crippen LogP contribution is -2.52. The van der Waals surface area contributed by atoms with E-state index in [0.717, 1.165) is 11.5 Å². The predicted octanol–water partition coefficient (Wildman–Crippen LogP) is 1.46. The molecule has 1 aromatic heterocycles. The third-order valence-electron chi connectivity index (χ3n) is 5.13. The summed E-state index contributed by atoms with van der Waals surface area (Å²) in [6, 6.07) is 2.43. The molecule has 1 aliphatic carbocycles. The highest BCUT2D eigenvalue weighted by atomic mass is 32.2. The van der Waals surface area contributed by atoms with Gasteiger partial charge in [-0.2, -0.15) is 22.0 Å².